The minimum Gasteiger partial charge on any atom is -0.366 e. The lowest BCUT2D eigenvalue weighted by molar-refractivity contribution is -0.114. The molecule has 0 radical (unpaired) electrons. The zero-order valence-electron chi connectivity index (χ0n) is 19.5. The molecule has 1 aliphatic carbocycles. The number of aromatic nitrogens is 2. The first kappa shape index (κ1) is 22.6. The summed E-state index contributed by atoms with van der Waals surface area (Å²) >= 11 is 0. The van der Waals surface area contributed by atoms with Gasteiger partial charge in [0.25, 0.3) is 5.91 Å². The molecule has 0 aromatic carbocycles. The summed E-state index contributed by atoms with van der Waals surface area (Å²) in [6.07, 6.45) is 14.3. The van der Waals surface area contributed by atoms with E-state index in [2.05, 4.69) is 31.6 Å². The van der Waals surface area contributed by atoms with Gasteiger partial charge in [-0.05, 0) is 68.5 Å². The number of hydrogen-bond donors (Lipinski definition) is 4. The van der Waals surface area contributed by atoms with Crippen LogP contribution in [0.2, 0.25) is 0 Å². The van der Waals surface area contributed by atoms with Crippen molar-refractivity contribution in [3.05, 3.63) is 89.5 Å². The largest absolute Gasteiger partial charge is 0.366 e. The van der Waals surface area contributed by atoms with Crippen LogP contribution in [0.1, 0.15) is 31.2 Å². The highest BCUT2D eigenvalue weighted by Crippen LogP contribution is 2.29. The van der Waals surface area contributed by atoms with Crippen LogP contribution in [0.15, 0.2) is 89.0 Å². The molecule has 1 saturated carbocycles. The smallest absolute Gasteiger partial charge is 0.274 e. The number of allylic oxidation sites excluding steroid dienone is 1. The van der Waals surface area contributed by atoms with Gasteiger partial charge in [-0.2, -0.15) is 0 Å². The quantitative estimate of drug-likeness (QED) is 0.498. The molecular weight excluding hydrogens is 440 g/mol. The fourth-order valence-corrected chi connectivity index (χ4v) is 4.21. The highest BCUT2D eigenvalue weighted by Gasteiger charge is 2.30. The van der Waals surface area contributed by atoms with E-state index in [0.29, 0.717) is 28.7 Å². The molecule has 178 valence electrons. The molecule has 2 aromatic rings. The van der Waals surface area contributed by atoms with Crippen LogP contribution in [0, 0.1) is 6.92 Å². The Labute approximate surface area is 204 Å². The molecule has 9 nitrogen and oxygen atoms in total. The van der Waals surface area contributed by atoms with Crippen LogP contribution >= 0.6 is 0 Å². The van der Waals surface area contributed by atoms with E-state index >= 15 is 0 Å². The van der Waals surface area contributed by atoms with Crippen molar-refractivity contribution in [1.82, 2.24) is 20.3 Å². The highest BCUT2D eigenvalue weighted by atomic mass is 16.2. The molecule has 0 unspecified atom stereocenters. The van der Waals surface area contributed by atoms with Crippen molar-refractivity contribution in [3.8, 4) is 0 Å². The fraction of sp³-hybridized carbons (Fsp3) is 0.269. The molecule has 2 aliphatic heterocycles. The maximum Gasteiger partial charge on any atom is 0.274 e. The Balaban J connectivity index is 1.43. The third-order valence-electron chi connectivity index (χ3n) is 6.11. The molecule has 35 heavy (non-hydrogen) atoms. The summed E-state index contributed by atoms with van der Waals surface area (Å²) in [4.78, 5) is 21.7. The lowest BCUT2D eigenvalue weighted by Gasteiger charge is -2.32. The van der Waals surface area contributed by atoms with Crippen LogP contribution in [0.5, 0.6) is 0 Å². The van der Waals surface area contributed by atoms with Gasteiger partial charge in [-0.25, -0.2) is 9.99 Å². The van der Waals surface area contributed by atoms with Crippen LogP contribution in [0.4, 0.5) is 11.5 Å². The summed E-state index contributed by atoms with van der Waals surface area (Å²) in [7, 11) is 0. The SMILES string of the molecule is Cc1ccc(NC2=CC(NC3CCC(N)CC3)=NN3C2=C=CC=C3C(=O)Nc2ccncc2)nc1. The Kier molecular flexibility index (Phi) is 6.43. The van der Waals surface area contributed by atoms with Gasteiger partial charge in [0, 0.05) is 42.4 Å². The topological polar surface area (TPSA) is 121 Å². The molecule has 3 aliphatic rings. The predicted octanol–water partition coefficient (Wildman–Crippen LogP) is 3.14. The molecule has 0 bridgehead atoms. The summed E-state index contributed by atoms with van der Waals surface area (Å²) in [6, 6.07) is 7.92. The number of aryl methyl sites for hydroxylation is 1. The Hall–Kier alpha value is -4.20. The van der Waals surface area contributed by atoms with Gasteiger partial charge in [-0.15, -0.1) is 5.10 Å². The van der Waals surface area contributed by atoms with Crippen LogP contribution in [-0.2, 0) is 4.79 Å². The molecule has 5 N–H and O–H groups in total. The van der Waals surface area contributed by atoms with Gasteiger partial charge in [0.05, 0.1) is 5.70 Å². The van der Waals surface area contributed by atoms with Crippen molar-refractivity contribution >= 4 is 23.2 Å². The summed E-state index contributed by atoms with van der Waals surface area (Å²) in [5.74, 6) is 1.07. The minimum atomic E-state index is -0.284. The highest BCUT2D eigenvalue weighted by molar-refractivity contribution is 6.05. The summed E-state index contributed by atoms with van der Waals surface area (Å²) in [5, 5.41) is 16.2. The van der Waals surface area contributed by atoms with Crippen molar-refractivity contribution in [2.24, 2.45) is 10.8 Å². The van der Waals surface area contributed by atoms with E-state index in [9.17, 15) is 4.79 Å². The first-order valence-electron chi connectivity index (χ1n) is 11.8. The van der Waals surface area contributed by atoms with Crippen LogP contribution < -0.4 is 21.7 Å². The van der Waals surface area contributed by atoms with Crippen LogP contribution in [0.25, 0.3) is 0 Å². The van der Waals surface area contributed by atoms with Gasteiger partial charge >= 0.3 is 0 Å². The van der Waals surface area contributed by atoms with Gasteiger partial charge in [0.2, 0.25) is 0 Å². The lowest BCUT2D eigenvalue weighted by atomic mass is 9.92. The lowest BCUT2D eigenvalue weighted by Crippen LogP contribution is -2.43. The van der Waals surface area contributed by atoms with Gasteiger partial charge in [0.1, 0.15) is 23.0 Å². The Morgan fingerprint density at radius 2 is 1.94 bits per heavy atom. The molecule has 4 heterocycles. The van der Waals surface area contributed by atoms with E-state index in [4.69, 9.17) is 10.8 Å². The normalized spacial score (nSPS) is 21.1. The van der Waals surface area contributed by atoms with Crippen LogP contribution in [-0.4, -0.2) is 38.8 Å². The van der Waals surface area contributed by atoms with E-state index in [1.807, 2.05) is 25.1 Å². The van der Waals surface area contributed by atoms with Gasteiger partial charge in [0.15, 0.2) is 0 Å². The number of amides is 1. The minimum absolute atomic E-state index is 0.259. The molecule has 9 heteroatoms. The molecule has 2 aromatic heterocycles. The molecule has 0 saturated heterocycles. The summed E-state index contributed by atoms with van der Waals surface area (Å²) < 4.78 is 0. The molecule has 0 atom stereocenters. The number of hydrogen-bond acceptors (Lipinski definition) is 8. The first-order chi connectivity index (χ1) is 17.0. The second-order valence-corrected chi connectivity index (χ2v) is 8.86. The third-order valence-corrected chi connectivity index (χ3v) is 6.11. The molecule has 1 fully saturated rings. The molecule has 1 amide bonds. The standard InChI is InChI=1S/C26H28N8O/c1-17-5-10-24(29-16-17)32-21-15-25(30-19-8-6-18(27)7-9-19)33-34-22(21)3-2-4-23(34)26(35)31-20-11-13-28-14-12-20/h2,4-5,10-16,18-19H,6-9,27H2,1H3,(H,29,32)(H,30,33)(H,28,31,35). The van der Waals surface area contributed by atoms with E-state index in [1.54, 1.807) is 47.9 Å². The Bertz CT molecular complexity index is 1250. The third kappa shape index (κ3) is 5.32. The predicted molar refractivity (Wildman–Crippen MR) is 136 cm³/mol. The zero-order chi connectivity index (χ0) is 24.2. The number of nitrogens with two attached hydrogens (primary N) is 1. The van der Waals surface area contributed by atoms with Crippen molar-refractivity contribution in [2.45, 2.75) is 44.7 Å². The number of nitrogens with zero attached hydrogens (tertiary/aromatic N) is 4. The number of amidine groups is 1. The summed E-state index contributed by atoms with van der Waals surface area (Å²) in [6.45, 7) is 1.99. The monoisotopic (exact) mass is 468 g/mol. The average Bonchev–Trinajstić information content (AvgIpc) is 2.87. The van der Waals surface area contributed by atoms with Crippen LogP contribution in [0.3, 0.4) is 0 Å². The number of carbonyl (C=O) groups is 1. The van der Waals surface area contributed by atoms with E-state index in [1.165, 1.54) is 0 Å². The number of pyridine rings is 2. The molecular formula is C26H28N8O. The molecule has 0 spiro atoms. The number of rotatable bonds is 5. The Morgan fingerprint density at radius 1 is 1.14 bits per heavy atom. The number of nitrogens with one attached hydrogen (secondary N) is 3. The number of hydrazone groups is 1. The number of fused-ring (bicyclic) bond motifs is 1. The second kappa shape index (κ2) is 9.97. The number of carbonyl (C=O) groups excluding carboxylic acids is 1. The maximum atomic E-state index is 13.2. The van der Waals surface area contributed by atoms with Crippen molar-refractivity contribution in [3.63, 3.8) is 0 Å². The first-order valence-corrected chi connectivity index (χ1v) is 11.8. The second-order valence-electron chi connectivity index (χ2n) is 8.86. The fourth-order valence-electron chi connectivity index (χ4n) is 4.21. The van der Waals surface area contributed by atoms with Gasteiger partial charge in [-0.1, -0.05) is 11.8 Å². The maximum absolute atomic E-state index is 13.2. The van der Waals surface area contributed by atoms with E-state index in [0.717, 1.165) is 36.9 Å². The van der Waals surface area contributed by atoms with E-state index < -0.39 is 0 Å². The molecule has 5 rings (SSSR count). The number of anilines is 2. The van der Waals surface area contributed by atoms with Gasteiger partial charge in [-0.3, -0.25) is 9.78 Å². The average molecular weight is 469 g/mol. The Morgan fingerprint density at radius 3 is 2.69 bits per heavy atom. The zero-order valence-corrected chi connectivity index (χ0v) is 19.5. The van der Waals surface area contributed by atoms with Gasteiger partial charge < -0.3 is 21.7 Å². The van der Waals surface area contributed by atoms with Crippen molar-refractivity contribution < 1.29 is 4.79 Å². The van der Waals surface area contributed by atoms with E-state index in [-0.39, 0.29) is 18.0 Å². The van der Waals surface area contributed by atoms with Crippen molar-refractivity contribution in [1.29, 1.82) is 0 Å². The van der Waals surface area contributed by atoms with Crippen molar-refractivity contribution in [2.75, 3.05) is 10.6 Å². The summed E-state index contributed by atoms with van der Waals surface area (Å²) in [5.41, 5.74) is 12.8.